The summed E-state index contributed by atoms with van der Waals surface area (Å²) in [6.45, 7) is 9.02. The maximum atomic E-state index is 12.6. The Balaban J connectivity index is 2.08. The fourth-order valence-corrected chi connectivity index (χ4v) is 3.63. The van der Waals surface area contributed by atoms with Crippen molar-refractivity contribution in [3.8, 4) is 0 Å². The van der Waals surface area contributed by atoms with Crippen LogP contribution in [0.2, 0.25) is 0 Å². The van der Waals surface area contributed by atoms with E-state index in [2.05, 4.69) is 6.58 Å². The fraction of sp³-hybridized carbons (Fsp3) is 0.588. The Morgan fingerprint density at radius 1 is 1.42 bits per heavy atom. The number of hydrogen-bond acceptors (Lipinski definition) is 2. The molecule has 1 unspecified atom stereocenters. The van der Waals surface area contributed by atoms with Crippen LogP contribution in [0.4, 0.5) is 13.2 Å². The summed E-state index contributed by atoms with van der Waals surface area (Å²) in [4.78, 5) is 12.4. The third kappa shape index (κ3) is 3.99. The van der Waals surface area contributed by atoms with Gasteiger partial charge in [-0.15, -0.1) is 0 Å². The van der Waals surface area contributed by atoms with Gasteiger partial charge in [-0.05, 0) is 41.1 Å². The van der Waals surface area contributed by atoms with Crippen molar-refractivity contribution in [1.82, 2.24) is 0 Å². The zero-order valence-electron chi connectivity index (χ0n) is 13.6. The summed E-state index contributed by atoms with van der Waals surface area (Å²) in [5.41, 5.74) is 0.592. The molecular formula is C17H19Cl2F3O2. The highest BCUT2D eigenvalue weighted by Crippen LogP contribution is 2.60. The first-order valence-electron chi connectivity index (χ1n) is 7.52. The summed E-state index contributed by atoms with van der Waals surface area (Å²) in [5.74, 6) is -0.988. The van der Waals surface area contributed by atoms with Gasteiger partial charge >= 0.3 is 12.1 Å². The van der Waals surface area contributed by atoms with Crippen LogP contribution < -0.4 is 0 Å². The molecule has 134 valence electrons. The van der Waals surface area contributed by atoms with Crippen molar-refractivity contribution in [2.45, 2.75) is 45.9 Å². The van der Waals surface area contributed by atoms with Crippen LogP contribution in [-0.4, -0.2) is 18.2 Å². The average molecular weight is 383 g/mol. The van der Waals surface area contributed by atoms with Crippen LogP contribution in [0.3, 0.4) is 0 Å². The lowest BCUT2D eigenvalue weighted by Crippen LogP contribution is -2.20. The summed E-state index contributed by atoms with van der Waals surface area (Å²) in [7, 11) is 0. The van der Waals surface area contributed by atoms with Gasteiger partial charge in [0.05, 0.1) is 12.3 Å². The third-order valence-electron chi connectivity index (χ3n) is 4.92. The fourth-order valence-electron chi connectivity index (χ4n) is 3.36. The first-order chi connectivity index (χ1) is 10.8. The van der Waals surface area contributed by atoms with E-state index in [9.17, 15) is 18.0 Å². The zero-order valence-corrected chi connectivity index (χ0v) is 15.1. The van der Waals surface area contributed by atoms with Gasteiger partial charge in [-0.25, -0.2) is 0 Å². The van der Waals surface area contributed by atoms with Crippen molar-refractivity contribution >= 4 is 29.2 Å². The summed E-state index contributed by atoms with van der Waals surface area (Å²) in [6, 6.07) is 0. The Kier molecular flexibility index (Phi) is 5.18. The highest BCUT2D eigenvalue weighted by atomic mass is 35.5. The Labute approximate surface area is 149 Å². The molecule has 2 aliphatic carbocycles. The second kappa shape index (κ2) is 6.41. The summed E-state index contributed by atoms with van der Waals surface area (Å²) < 4.78 is 43.5. The van der Waals surface area contributed by atoms with Gasteiger partial charge in [0.2, 0.25) is 0 Å². The number of carbonyl (C=O) groups is 1. The van der Waals surface area contributed by atoms with Gasteiger partial charge in [0, 0.05) is 6.42 Å². The molecule has 0 aromatic rings. The number of alkyl halides is 3. The van der Waals surface area contributed by atoms with Crippen LogP contribution in [0.15, 0.2) is 33.9 Å². The number of rotatable bonds is 4. The summed E-state index contributed by atoms with van der Waals surface area (Å²) >= 11 is 11.3. The number of esters is 1. The molecule has 0 aromatic carbocycles. The number of halogens is 5. The van der Waals surface area contributed by atoms with Gasteiger partial charge in [0.1, 0.15) is 10.6 Å². The van der Waals surface area contributed by atoms with Crippen LogP contribution in [0.1, 0.15) is 33.6 Å². The highest BCUT2D eigenvalue weighted by molar-refractivity contribution is 6.55. The number of hydrogen-bond donors (Lipinski definition) is 0. The molecule has 2 nitrogen and oxygen atoms in total. The van der Waals surface area contributed by atoms with Gasteiger partial charge in [-0.2, -0.15) is 13.2 Å². The van der Waals surface area contributed by atoms with Crippen LogP contribution in [0.5, 0.6) is 0 Å². The molecule has 3 atom stereocenters. The van der Waals surface area contributed by atoms with Gasteiger partial charge < -0.3 is 4.74 Å². The van der Waals surface area contributed by atoms with Crippen molar-refractivity contribution in [3.63, 3.8) is 0 Å². The number of allylic oxidation sites excluding steroid dienone is 2. The largest absolute Gasteiger partial charge is 0.457 e. The molecule has 24 heavy (non-hydrogen) atoms. The van der Waals surface area contributed by atoms with E-state index in [-0.39, 0.29) is 27.8 Å². The molecule has 0 bridgehead atoms. The lowest BCUT2D eigenvalue weighted by Gasteiger charge is -2.14. The topological polar surface area (TPSA) is 26.3 Å². The van der Waals surface area contributed by atoms with E-state index in [1.165, 1.54) is 0 Å². The molecule has 2 aliphatic rings. The average Bonchev–Trinajstić information content (AvgIpc) is 2.83. The van der Waals surface area contributed by atoms with Crippen molar-refractivity contribution in [1.29, 1.82) is 0 Å². The molecule has 0 aliphatic heterocycles. The summed E-state index contributed by atoms with van der Waals surface area (Å²) in [5, 5.41) is 0. The normalized spacial score (nSPS) is 28.8. The van der Waals surface area contributed by atoms with Crippen molar-refractivity contribution < 1.29 is 22.7 Å². The Morgan fingerprint density at radius 2 is 2.00 bits per heavy atom. The van der Waals surface area contributed by atoms with Gasteiger partial charge in [-0.1, -0.05) is 43.6 Å². The van der Waals surface area contributed by atoms with E-state index < -0.39 is 30.6 Å². The smallest absolute Gasteiger partial charge is 0.393 e. The summed E-state index contributed by atoms with van der Waals surface area (Å²) in [6.07, 6.45) is -4.25. The molecule has 0 radical (unpaired) electrons. The number of carbonyl (C=O) groups excluding carboxylic acids is 1. The second-order valence-electron chi connectivity index (χ2n) is 6.97. The zero-order chi connectivity index (χ0) is 18.4. The first kappa shape index (κ1) is 19.4. The lowest BCUT2D eigenvalue weighted by molar-refractivity contribution is -0.149. The maximum absolute atomic E-state index is 12.6. The SMILES string of the molecule is C=C1CC(OC(=O)[C@@H]2[C@@H](C=C(Cl)Cl)C2(C)C)C(C)=C1CC(F)(F)F. The Bertz CT molecular complexity index is 628. The molecule has 0 amide bonds. The van der Waals surface area contributed by atoms with Gasteiger partial charge in [0.25, 0.3) is 0 Å². The number of ether oxygens (including phenoxy) is 1. The van der Waals surface area contributed by atoms with Gasteiger partial charge in [-0.3, -0.25) is 4.79 Å². The molecule has 0 N–H and O–H groups in total. The van der Waals surface area contributed by atoms with E-state index in [4.69, 9.17) is 27.9 Å². The van der Waals surface area contributed by atoms with Crippen LogP contribution in [-0.2, 0) is 9.53 Å². The predicted octanol–water partition coefficient (Wildman–Crippen LogP) is 5.72. The molecule has 2 rings (SSSR count). The van der Waals surface area contributed by atoms with E-state index in [1.807, 2.05) is 13.8 Å². The molecular weight excluding hydrogens is 364 g/mol. The Morgan fingerprint density at radius 3 is 2.50 bits per heavy atom. The van der Waals surface area contributed by atoms with Crippen LogP contribution in [0.25, 0.3) is 0 Å². The monoisotopic (exact) mass is 382 g/mol. The van der Waals surface area contributed by atoms with E-state index in [0.717, 1.165) is 0 Å². The highest BCUT2D eigenvalue weighted by Gasteiger charge is 2.62. The molecule has 0 aromatic heterocycles. The van der Waals surface area contributed by atoms with Crippen molar-refractivity contribution in [2.75, 3.05) is 0 Å². The van der Waals surface area contributed by atoms with Crippen LogP contribution >= 0.6 is 23.2 Å². The standard InChI is InChI=1S/C17H19Cl2F3O2/c1-8-5-12(9(2)10(8)7-17(20,21)22)24-15(23)14-11(6-13(18)19)16(14,3)4/h6,11-12,14H,1,5,7H2,2-4H3/t11-,12?,14+/m1/s1. The quantitative estimate of drug-likeness (QED) is 0.581. The Hall–Kier alpha value is -0.940. The molecule has 0 heterocycles. The minimum Gasteiger partial charge on any atom is -0.457 e. The van der Waals surface area contributed by atoms with Crippen molar-refractivity contribution in [3.05, 3.63) is 33.9 Å². The van der Waals surface area contributed by atoms with E-state index in [0.29, 0.717) is 11.1 Å². The van der Waals surface area contributed by atoms with E-state index in [1.54, 1.807) is 13.0 Å². The second-order valence-corrected chi connectivity index (χ2v) is 7.98. The molecule has 7 heteroatoms. The molecule has 1 fully saturated rings. The van der Waals surface area contributed by atoms with E-state index >= 15 is 0 Å². The lowest BCUT2D eigenvalue weighted by atomic mass is 10.1. The van der Waals surface area contributed by atoms with Crippen LogP contribution in [0, 0.1) is 17.3 Å². The maximum Gasteiger partial charge on any atom is 0.393 e. The third-order valence-corrected chi connectivity index (χ3v) is 5.18. The van der Waals surface area contributed by atoms with Crippen molar-refractivity contribution in [2.24, 2.45) is 17.3 Å². The van der Waals surface area contributed by atoms with Gasteiger partial charge in [0.15, 0.2) is 0 Å². The predicted molar refractivity (Wildman–Crippen MR) is 87.6 cm³/mol. The first-order valence-corrected chi connectivity index (χ1v) is 8.28. The molecule has 0 saturated heterocycles. The molecule has 0 spiro atoms. The minimum atomic E-state index is -4.32. The minimum absolute atomic E-state index is 0.0844. The molecule has 1 saturated carbocycles.